The van der Waals surface area contributed by atoms with Gasteiger partial charge in [-0.1, -0.05) is 0 Å². The summed E-state index contributed by atoms with van der Waals surface area (Å²) in [5.41, 5.74) is 0.651. The van der Waals surface area contributed by atoms with Crippen LogP contribution in [0.15, 0.2) is 5.38 Å². The van der Waals surface area contributed by atoms with Crippen LogP contribution in [0, 0.1) is 0 Å². The summed E-state index contributed by atoms with van der Waals surface area (Å²) in [4.78, 5) is 17.6. The molecule has 0 aromatic carbocycles. The van der Waals surface area contributed by atoms with Crippen LogP contribution in [0.3, 0.4) is 0 Å². The zero-order valence-corrected chi connectivity index (χ0v) is 11.7. The number of carboxylic acid groups (broad SMARTS) is 1. The van der Waals surface area contributed by atoms with Gasteiger partial charge in [0.1, 0.15) is 0 Å². The number of anilines is 1. The van der Waals surface area contributed by atoms with Crippen LogP contribution in [-0.2, 0) is 11.2 Å². The Balaban J connectivity index is 1.56. The van der Waals surface area contributed by atoms with Crippen molar-refractivity contribution in [2.45, 2.75) is 44.2 Å². The average molecular weight is 281 g/mol. The summed E-state index contributed by atoms with van der Waals surface area (Å²) in [6.07, 6.45) is 5.01. The lowest BCUT2D eigenvalue weighted by Crippen LogP contribution is -2.42. The fourth-order valence-electron chi connectivity index (χ4n) is 3.14. The molecule has 2 aliphatic rings. The van der Waals surface area contributed by atoms with Crippen molar-refractivity contribution in [3.63, 3.8) is 0 Å². The van der Waals surface area contributed by atoms with Gasteiger partial charge in [0, 0.05) is 24.0 Å². The highest BCUT2D eigenvalue weighted by Gasteiger charge is 2.31. The van der Waals surface area contributed by atoms with Gasteiger partial charge in [0.15, 0.2) is 5.13 Å². The number of nitrogens with one attached hydrogen (secondary N) is 1. The van der Waals surface area contributed by atoms with Gasteiger partial charge >= 0.3 is 5.97 Å². The molecule has 1 aromatic rings. The van der Waals surface area contributed by atoms with E-state index in [-0.39, 0.29) is 6.42 Å². The van der Waals surface area contributed by atoms with Crippen LogP contribution in [-0.4, -0.2) is 46.1 Å². The minimum Gasteiger partial charge on any atom is -0.481 e. The van der Waals surface area contributed by atoms with E-state index in [0.717, 1.165) is 17.6 Å². The maximum absolute atomic E-state index is 10.6. The Kier molecular flexibility index (Phi) is 3.70. The van der Waals surface area contributed by atoms with Crippen LogP contribution in [0.2, 0.25) is 0 Å². The molecule has 0 bridgehead atoms. The summed E-state index contributed by atoms with van der Waals surface area (Å²) >= 11 is 1.51. The highest BCUT2D eigenvalue weighted by molar-refractivity contribution is 7.13. The first-order valence-corrected chi connectivity index (χ1v) is 7.75. The van der Waals surface area contributed by atoms with Crippen molar-refractivity contribution in [3.8, 4) is 0 Å². The molecule has 0 amide bonds. The third-order valence-corrected chi connectivity index (χ3v) is 4.85. The summed E-state index contributed by atoms with van der Waals surface area (Å²) in [6.45, 7) is 2.44. The largest absolute Gasteiger partial charge is 0.481 e. The van der Waals surface area contributed by atoms with Gasteiger partial charge in [-0.15, -0.1) is 11.3 Å². The number of fused-ring (bicyclic) bond motifs is 1. The van der Waals surface area contributed by atoms with Gasteiger partial charge in [-0.2, -0.15) is 0 Å². The van der Waals surface area contributed by atoms with E-state index in [0.29, 0.717) is 11.7 Å². The smallest absolute Gasteiger partial charge is 0.309 e. The molecule has 3 rings (SSSR count). The molecule has 2 N–H and O–H groups in total. The van der Waals surface area contributed by atoms with Gasteiger partial charge in [-0.3, -0.25) is 4.79 Å². The van der Waals surface area contributed by atoms with Crippen molar-refractivity contribution in [1.82, 2.24) is 9.88 Å². The number of piperidine rings is 1. The number of aliphatic carboxylic acids is 1. The first-order chi connectivity index (χ1) is 9.20. The number of thiazole rings is 1. The molecular formula is C13H19N3O2S. The molecule has 0 spiro atoms. The van der Waals surface area contributed by atoms with Gasteiger partial charge in [-0.05, 0) is 32.2 Å². The molecule has 0 saturated carbocycles. The average Bonchev–Trinajstić information content (AvgIpc) is 2.97. The molecular weight excluding hydrogens is 262 g/mol. The highest BCUT2D eigenvalue weighted by Crippen LogP contribution is 2.29. The number of carbonyl (C=O) groups is 1. The van der Waals surface area contributed by atoms with E-state index < -0.39 is 5.97 Å². The molecule has 19 heavy (non-hydrogen) atoms. The fraction of sp³-hybridized carbons (Fsp3) is 0.692. The molecule has 6 heteroatoms. The van der Waals surface area contributed by atoms with Crippen LogP contribution < -0.4 is 5.32 Å². The monoisotopic (exact) mass is 281 g/mol. The Morgan fingerprint density at radius 2 is 2.42 bits per heavy atom. The van der Waals surface area contributed by atoms with Crippen molar-refractivity contribution >= 4 is 22.4 Å². The summed E-state index contributed by atoms with van der Waals surface area (Å²) < 4.78 is 0. The van der Waals surface area contributed by atoms with Crippen molar-refractivity contribution < 1.29 is 9.90 Å². The van der Waals surface area contributed by atoms with E-state index in [1.165, 1.54) is 43.7 Å². The molecule has 104 valence electrons. The molecule has 0 aliphatic carbocycles. The molecule has 5 nitrogen and oxygen atoms in total. The number of aromatic nitrogens is 1. The first kappa shape index (κ1) is 12.9. The SMILES string of the molecule is O=C(O)Cc1csc(NC2CCN3CCCC3C2)n1. The quantitative estimate of drug-likeness (QED) is 0.881. The molecule has 2 saturated heterocycles. The molecule has 1 aromatic heterocycles. The first-order valence-electron chi connectivity index (χ1n) is 6.87. The third kappa shape index (κ3) is 3.06. The number of hydrogen-bond donors (Lipinski definition) is 2. The van der Waals surface area contributed by atoms with E-state index in [1.807, 2.05) is 5.38 Å². The Bertz CT molecular complexity index is 462. The molecule has 2 aliphatic heterocycles. The van der Waals surface area contributed by atoms with Crippen molar-refractivity contribution in [1.29, 1.82) is 0 Å². The second-order valence-corrected chi connectivity index (χ2v) is 6.27. The van der Waals surface area contributed by atoms with E-state index >= 15 is 0 Å². The lowest BCUT2D eigenvalue weighted by Gasteiger charge is -2.35. The zero-order chi connectivity index (χ0) is 13.2. The normalized spacial score (nSPS) is 27.2. The van der Waals surface area contributed by atoms with E-state index in [4.69, 9.17) is 5.11 Å². The van der Waals surface area contributed by atoms with Crippen LogP contribution in [0.1, 0.15) is 31.4 Å². The number of carboxylic acids is 1. The Hall–Kier alpha value is -1.14. The zero-order valence-electron chi connectivity index (χ0n) is 10.8. The van der Waals surface area contributed by atoms with Gasteiger partial charge in [-0.25, -0.2) is 4.98 Å². The van der Waals surface area contributed by atoms with Crippen LogP contribution >= 0.6 is 11.3 Å². The molecule has 3 heterocycles. The lowest BCUT2D eigenvalue weighted by atomic mass is 9.98. The summed E-state index contributed by atoms with van der Waals surface area (Å²) in [5.74, 6) is -0.823. The second kappa shape index (κ2) is 5.46. The van der Waals surface area contributed by atoms with Gasteiger partial charge in [0.25, 0.3) is 0 Å². The van der Waals surface area contributed by atoms with Crippen molar-refractivity contribution in [2.75, 3.05) is 18.4 Å². The van der Waals surface area contributed by atoms with Gasteiger partial charge in [0.2, 0.25) is 0 Å². The maximum Gasteiger partial charge on any atom is 0.309 e. The number of rotatable bonds is 4. The minimum absolute atomic E-state index is 0.0131. The Labute approximate surface area is 116 Å². The second-order valence-electron chi connectivity index (χ2n) is 5.41. The van der Waals surface area contributed by atoms with Crippen LogP contribution in [0.4, 0.5) is 5.13 Å². The lowest BCUT2D eigenvalue weighted by molar-refractivity contribution is -0.136. The van der Waals surface area contributed by atoms with Crippen molar-refractivity contribution in [3.05, 3.63) is 11.1 Å². The molecule has 0 radical (unpaired) electrons. The summed E-state index contributed by atoms with van der Waals surface area (Å²) in [7, 11) is 0. The van der Waals surface area contributed by atoms with E-state index in [9.17, 15) is 4.79 Å². The van der Waals surface area contributed by atoms with E-state index in [2.05, 4.69) is 15.2 Å². The van der Waals surface area contributed by atoms with Crippen molar-refractivity contribution in [2.24, 2.45) is 0 Å². The predicted molar refractivity (Wildman–Crippen MR) is 74.7 cm³/mol. The standard InChI is InChI=1S/C13H19N3O2S/c17-12(18)7-10-8-19-13(15-10)14-9-3-5-16-4-1-2-11(16)6-9/h8-9,11H,1-7H2,(H,14,15)(H,17,18). The van der Waals surface area contributed by atoms with Gasteiger partial charge in [0.05, 0.1) is 12.1 Å². The minimum atomic E-state index is -0.823. The third-order valence-electron chi connectivity index (χ3n) is 4.03. The predicted octanol–water partition coefficient (Wildman–Crippen LogP) is 1.81. The number of nitrogens with zero attached hydrogens (tertiary/aromatic N) is 2. The Morgan fingerprint density at radius 1 is 1.53 bits per heavy atom. The molecule has 2 atom stereocenters. The maximum atomic E-state index is 10.6. The van der Waals surface area contributed by atoms with Crippen LogP contribution in [0.5, 0.6) is 0 Å². The fourth-order valence-corrected chi connectivity index (χ4v) is 3.93. The molecule has 2 unspecified atom stereocenters. The summed E-state index contributed by atoms with van der Waals surface area (Å²) in [6, 6.07) is 1.23. The summed E-state index contributed by atoms with van der Waals surface area (Å²) in [5, 5.41) is 14.9. The molecule has 2 fully saturated rings. The highest BCUT2D eigenvalue weighted by atomic mass is 32.1. The van der Waals surface area contributed by atoms with Crippen LogP contribution in [0.25, 0.3) is 0 Å². The van der Waals surface area contributed by atoms with E-state index in [1.54, 1.807) is 0 Å². The Morgan fingerprint density at radius 3 is 3.26 bits per heavy atom. The topological polar surface area (TPSA) is 65.5 Å². The number of hydrogen-bond acceptors (Lipinski definition) is 5. The van der Waals surface area contributed by atoms with Gasteiger partial charge < -0.3 is 15.3 Å².